The lowest BCUT2D eigenvalue weighted by Crippen LogP contribution is -2.51. The Hall–Kier alpha value is -3.62. The number of fused-ring (bicyclic) bond motifs is 1. The molecule has 38 heavy (non-hydrogen) atoms. The Bertz CT molecular complexity index is 1420. The molecule has 0 bridgehead atoms. The summed E-state index contributed by atoms with van der Waals surface area (Å²) in [6.45, 7) is 6.34. The number of carbonyl (C=O) groups is 2. The number of pyridine rings is 1. The van der Waals surface area contributed by atoms with Crippen molar-refractivity contribution in [3.63, 3.8) is 0 Å². The SMILES string of the molecule is Cn1ccc([C@@H]2CCN(C(=O)OC(C)(C)C)C[C@H]2C(=O)N(Cc2c[nH]c3cccc(F)c23)C2CC2)cc1=O. The molecule has 3 heterocycles. The van der Waals surface area contributed by atoms with Crippen molar-refractivity contribution in [3.8, 4) is 0 Å². The van der Waals surface area contributed by atoms with E-state index in [-0.39, 0.29) is 42.3 Å². The van der Waals surface area contributed by atoms with Gasteiger partial charge in [-0.2, -0.15) is 0 Å². The molecular formula is C29H35FN4O4. The summed E-state index contributed by atoms with van der Waals surface area (Å²) in [4.78, 5) is 46.2. The summed E-state index contributed by atoms with van der Waals surface area (Å²) < 4.78 is 21.8. The lowest BCUT2D eigenvalue weighted by molar-refractivity contribution is -0.139. The Labute approximate surface area is 221 Å². The summed E-state index contributed by atoms with van der Waals surface area (Å²) in [5, 5.41) is 0.494. The summed E-state index contributed by atoms with van der Waals surface area (Å²) >= 11 is 0. The predicted octanol–water partition coefficient (Wildman–Crippen LogP) is 4.54. The zero-order valence-corrected chi connectivity index (χ0v) is 22.4. The van der Waals surface area contributed by atoms with E-state index in [4.69, 9.17) is 4.74 Å². The number of carbonyl (C=O) groups excluding carboxylic acids is 2. The highest BCUT2D eigenvalue weighted by Crippen LogP contribution is 2.38. The van der Waals surface area contributed by atoms with Crippen molar-refractivity contribution in [1.82, 2.24) is 19.4 Å². The summed E-state index contributed by atoms with van der Waals surface area (Å²) in [6, 6.07) is 8.44. The molecule has 2 atom stereocenters. The van der Waals surface area contributed by atoms with Crippen LogP contribution in [-0.4, -0.2) is 56.1 Å². The van der Waals surface area contributed by atoms with Gasteiger partial charge in [-0.05, 0) is 75.3 Å². The Morgan fingerprint density at radius 3 is 2.63 bits per heavy atom. The van der Waals surface area contributed by atoms with E-state index in [1.165, 1.54) is 10.6 Å². The number of halogens is 1. The van der Waals surface area contributed by atoms with Crippen LogP contribution in [0.25, 0.3) is 10.9 Å². The van der Waals surface area contributed by atoms with Crippen LogP contribution in [0.1, 0.15) is 57.1 Å². The number of aryl methyl sites for hydroxylation is 1. The number of hydrogen-bond acceptors (Lipinski definition) is 4. The first-order chi connectivity index (χ1) is 18.0. The van der Waals surface area contributed by atoms with Crippen LogP contribution in [0.4, 0.5) is 9.18 Å². The number of amides is 2. The number of ether oxygens (including phenoxy) is 1. The summed E-state index contributed by atoms with van der Waals surface area (Å²) in [5.74, 6) is -1.19. The van der Waals surface area contributed by atoms with Crippen molar-refractivity contribution < 1.29 is 18.7 Å². The first-order valence-corrected chi connectivity index (χ1v) is 13.2. The van der Waals surface area contributed by atoms with Gasteiger partial charge in [0.2, 0.25) is 5.91 Å². The molecular weight excluding hydrogens is 487 g/mol. The van der Waals surface area contributed by atoms with E-state index in [1.807, 2.05) is 37.8 Å². The van der Waals surface area contributed by atoms with Gasteiger partial charge in [0.25, 0.3) is 5.56 Å². The van der Waals surface area contributed by atoms with Crippen LogP contribution in [0.2, 0.25) is 0 Å². The molecule has 2 aromatic heterocycles. The second-order valence-electron chi connectivity index (χ2n) is 11.5. The quantitative estimate of drug-likeness (QED) is 0.533. The molecule has 9 heteroatoms. The Balaban J connectivity index is 1.47. The molecule has 0 unspecified atom stereocenters. The molecule has 2 amide bonds. The van der Waals surface area contributed by atoms with Crippen molar-refractivity contribution in [1.29, 1.82) is 0 Å². The van der Waals surface area contributed by atoms with E-state index in [2.05, 4.69) is 4.98 Å². The average Bonchev–Trinajstić information content (AvgIpc) is 3.62. The molecule has 2 aliphatic rings. The number of H-pyrrole nitrogens is 1. The first-order valence-electron chi connectivity index (χ1n) is 13.2. The van der Waals surface area contributed by atoms with Crippen LogP contribution >= 0.6 is 0 Å². The molecule has 1 aliphatic carbocycles. The molecule has 1 aromatic carbocycles. The summed E-state index contributed by atoms with van der Waals surface area (Å²) in [5.41, 5.74) is 1.41. The third-order valence-corrected chi connectivity index (χ3v) is 7.49. The smallest absolute Gasteiger partial charge is 0.410 e. The highest BCUT2D eigenvalue weighted by molar-refractivity contribution is 5.86. The second kappa shape index (κ2) is 9.93. The molecule has 1 N–H and O–H groups in total. The number of likely N-dealkylation sites (tertiary alicyclic amines) is 1. The van der Waals surface area contributed by atoms with Crippen LogP contribution in [0.3, 0.4) is 0 Å². The molecule has 5 rings (SSSR count). The average molecular weight is 523 g/mol. The minimum atomic E-state index is -0.654. The number of rotatable bonds is 5. The molecule has 1 saturated heterocycles. The highest BCUT2D eigenvalue weighted by Gasteiger charge is 2.43. The highest BCUT2D eigenvalue weighted by atomic mass is 19.1. The number of aromatic amines is 1. The number of piperidine rings is 1. The Kier molecular flexibility index (Phi) is 6.79. The van der Waals surface area contributed by atoms with Crippen molar-refractivity contribution in [2.45, 2.75) is 64.1 Å². The minimum Gasteiger partial charge on any atom is -0.444 e. The van der Waals surface area contributed by atoms with Crippen LogP contribution in [0, 0.1) is 11.7 Å². The largest absolute Gasteiger partial charge is 0.444 e. The number of nitrogens with zero attached hydrogens (tertiary/aromatic N) is 3. The second-order valence-corrected chi connectivity index (χ2v) is 11.5. The third-order valence-electron chi connectivity index (χ3n) is 7.49. The van der Waals surface area contributed by atoms with Crippen molar-refractivity contribution in [2.75, 3.05) is 13.1 Å². The molecule has 202 valence electrons. The lowest BCUT2D eigenvalue weighted by Gasteiger charge is -2.40. The van der Waals surface area contributed by atoms with Crippen molar-refractivity contribution in [3.05, 3.63) is 70.0 Å². The maximum atomic E-state index is 14.7. The van der Waals surface area contributed by atoms with Gasteiger partial charge in [-0.25, -0.2) is 9.18 Å². The first kappa shape index (κ1) is 26.0. The van der Waals surface area contributed by atoms with Gasteiger partial charge in [-0.3, -0.25) is 9.59 Å². The van der Waals surface area contributed by atoms with Gasteiger partial charge in [0, 0.05) is 62.1 Å². The van der Waals surface area contributed by atoms with E-state index in [9.17, 15) is 18.8 Å². The minimum absolute atomic E-state index is 0.0698. The van der Waals surface area contributed by atoms with E-state index in [1.54, 1.807) is 36.5 Å². The molecule has 2 fully saturated rings. The number of benzene rings is 1. The van der Waals surface area contributed by atoms with Crippen LogP contribution in [0.5, 0.6) is 0 Å². The number of aromatic nitrogens is 2. The van der Waals surface area contributed by atoms with Gasteiger partial charge in [-0.15, -0.1) is 0 Å². The molecule has 3 aromatic rings. The van der Waals surface area contributed by atoms with Gasteiger partial charge < -0.3 is 24.1 Å². The predicted molar refractivity (Wildman–Crippen MR) is 142 cm³/mol. The normalized spacial score (nSPS) is 20.0. The third kappa shape index (κ3) is 5.33. The molecule has 1 saturated carbocycles. The van der Waals surface area contributed by atoms with Crippen LogP contribution in [-0.2, 0) is 23.1 Å². The maximum absolute atomic E-state index is 14.7. The van der Waals surface area contributed by atoms with E-state index >= 15 is 0 Å². The fourth-order valence-electron chi connectivity index (χ4n) is 5.39. The fourth-order valence-corrected chi connectivity index (χ4v) is 5.39. The van der Waals surface area contributed by atoms with Gasteiger partial charge >= 0.3 is 6.09 Å². The van der Waals surface area contributed by atoms with Gasteiger partial charge in [0.1, 0.15) is 11.4 Å². The van der Waals surface area contributed by atoms with Crippen molar-refractivity contribution >= 4 is 22.9 Å². The Morgan fingerprint density at radius 1 is 1.18 bits per heavy atom. The zero-order chi connectivity index (χ0) is 27.2. The standard InChI is InChI=1S/C29H35FN4O4/c1-29(2,3)38-28(37)33-13-11-21(18-10-12-32(4)25(35)14-18)22(17-33)27(36)34(20-8-9-20)16-19-15-31-24-7-5-6-23(30)26(19)24/h5-7,10,12,14-15,20-22,31H,8-9,11,13,16-17H2,1-4H3/t21-,22+/m0/s1. The van der Waals surface area contributed by atoms with Crippen LogP contribution in [0.15, 0.2) is 47.5 Å². The fraction of sp³-hybridized carbons (Fsp3) is 0.483. The van der Waals surface area contributed by atoms with E-state index in [0.29, 0.717) is 23.9 Å². The molecule has 8 nitrogen and oxygen atoms in total. The van der Waals surface area contributed by atoms with Gasteiger partial charge in [-0.1, -0.05) is 6.07 Å². The lowest BCUT2D eigenvalue weighted by atomic mass is 9.79. The maximum Gasteiger partial charge on any atom is 0.410 e. The molecule has 0 spiro atoms. The van der Waals surface area contributed by atoms with Gasteiger partial charge in [0.15, 0.2) is 0 Å². The zero-order valence-electron chi connectivity index (χ0n) is 22.4. The summed E-state index contributed by atoms with van der Waals surface area (Å²) in [7, 11) is 1.69. The molecule has 1 aliphatic heterocycles. The van der Waals surface area contributed by atoms with Crippen LogP contribution < -0.4 is 5.56 Å². The topological polar surface area (TPSA) is 87.6 Å². The summed E-state index contributed by atoms with van der Waals surface area (Å²) in [6.07, 6.45) is 5.33. The van der Waals surface area contributed by atoms with Gasteiger partial charge in [0.05, 0.1) is 5.92 Å². The number of nitrogens with one attached hydrogen (secondary N) is 1. The molecule has 0 radical (unpaired) electrons. The number of hydrogen-bond donors (Lipinski definition) is 1. The van der Waals surface area contributed by atoms with Crippen molar-refractivity contribution in [2.24, 2.45) is 13.0 Å². The monoisotopic (exact) mass is 522 g/mol. The van der Waals surface area contributed by atoms with E-state index < -0.39 is 17.6 Å². The van der Waals surface area contributed by atoms with E-state index in [0.717, 1.165) is 24.0 Å². The Morgan fingerprint density at radius 2 is 1.95 bits per heavy atom.